The molecule has 1 amide bonds. The smallest absolute Gasteiger partial charge is 0.239 e. The second-order valence-electron chi connectivity index (χ2n) is 6.01. The Kier molecular flexibility index (Phi) is 5.37. The number of carbonyl (C=O) groups excluding carboxylic acids is 1. The molecule has 1 aromatic carbocycles. The summed E-state index contributed by atoms with van der Waals surface area (Å²) in [5.41, 5.74) is 7.35. The molecule has 2 atom stereocenters. The zero-order valence-electron chi connectivity index (χ0n) is 13.0. The molecule has 2 rings (SSSR count). The van der Waals surface area contributed by atoms with Crippen molar-refractivity contribution in [3.05, 3.63) is 35.4 Å². The van der Waals surface area contributed by atoms with Gasteiger partial charge in [-0.1, -0.05) is 31.2 Å². The van der Waals surface area contributed by atoms with Crippen LogP contribution in [0.5, 0.6) is 0 Å². The third kappa shape index (κ3) is 3.83. The summed E-state index contributed by atoms with van der Waals surface area (Å²) in [6.07, 6.45) is 4.25. The fourth-order valence-electron chi connectivity index (χ4n) is 2.76. The molecular weight excluding hydrogens is 264 g/mol. The molecule has 4 nitrogen and oxygen atoms in total. The largest absolute Gasteiger partial charge is 0.371 e. The standard InChI is InChI=1S/C17H26N2O2/c1-3-11-19-17(2,16(18)20)12-21-15-10-6-8-13-7-4-5-9-14(13)15/h4-5,7,9,15,19H,3,6,8,10-12H2,1-2H3,(H2,18,20). The Labute approximate surface area is 127 Å². The Bertz CT molecular complexity index is 489. The number of hydrogen-bond donors (Lipinski definition) is 2. The zero-order chi connectivity index (χ0) is 15.3. The number of nitrogens with two attached hydrogens (primary N) is 1. The summed E-state index contributed by atoms with van der Waals surface area (Å²) in [6.45, 7) is 4.94. The van der Waals surface area contributed by atoms with Gasteiger partial charge in [-0.25, -0.2) is 0 Å². The van der Waals surface area contributed by atoms with Gasteiger partial charge >= 0.3 is 0 Å². The first kappa shape index (κ1) is 16.0. The fraction of sp³-hybridized carbons (Fsp3) is 0.588. The first-order chi connectivity index (χ1) is 10.1. The number of amides is 1. The highest BCUT2D eigenvalue weighted by molar-refractivity contribution is 5.84. The number of rotatable bonds is 7. The predicted octanol–water partition coefficient (Wildman–Crippen LogP) is 2.32. The minimum atomic E-state index is -0.803. The van der Waals surface area contributed by atoms with Gasteiger partial charge in [-0.3, -0.25) is 4.79 Å². The number of ether oxygens (including phenoxy) is 1. The van der Waals surface area contributed by atoms with Gasteiger partial charge in [-0.2, -0.15) is 0 Å². The third-order valence-electron chi connectivity index (χ3n) is 4.20. The average Bonchev–Trinajstić information content (AvgIpc) is 2.50. The monoisotopic (exact) mass is 290 g/mol. The minimum Gasteiger partial charge on any atom is -0.371 e. The molecule has 0 fully saturated rings. The van der Waals surface area contributed by atoms with E-state index < -0.39 is 5.54 Å². The lowest BCUT2D eigenvalue weighted by atomic mass is 9.89. The van der Waals surface area contributed by atoms with Crippen LogP contribution in [0.1, 0.15) is 50.3 Å². The van der Waals surface area contributed by atoms with Gasteiger partial charge in [0.1, 0.15) is 5.54 Å². The van der Waals surface area contributed by atoms with E-state index in [1.54, 1.807) is 0 Å². The topological polar surface area (TPSA) is 64.3 Å². The zero-order valence-corrected chi connectivity index (χ0v) is 13.0. The van der Waals surface area contributed by atoms with Crippen LogP contribution in [0, 0.1) is 0 Å². The number of aryl methyl sites for hydroxylation is 1. The number of nitrogens with one attached hydrogen (secondary N) is 1. The minimum absolute atomic E-state index is 0.0667. The molecule has 21 heavy (non-hydrogen) atoms. The van der Waals surface area contributed by atoms with Crippen LogP contribution >= 0.6 is 0 Å². The van der Waals surface area contributed by atoms with Crippen molar-refractivity contribution in [2.75, 3.05) is 13.2 Å². The van der Waals surface area contributed by atoms with Crippen molar-refractivity contribution in [1.29, 1.82) is 0 Å². The van der Waals surface area contributed by atoms with Crippen molar-refractivity contribution < 1.29 is 9.53 Å². The molecule has 0 radical (unpaired) electrons. The lowest BCUT2D eigenvalue weighted by molar-refractivity contribution is -0.127. The lowest BCUT2D eigenvalue weighted by Gasteiger charge is -2.32. The van der Waals surface area contributed by atoms with Gasteiger partial charge < -0.3 is 15.8 Å². The van der Waals surface area contributed by atoms with E-state index >= 15 is 0 Å². The van der Waals surface area contributed by atoms with Crippen LogP contribution in [-0.4, -0.2) is 24.6 Å². The van der Waals surface area contributed by atoms with Crippen molar-refractivity contribution in [2.45, 2.75) is 51.2 Å². The van der Waals surface area contributed by atoms with Gasteiger partial charge in [0.05, 0.1) is 12.7 Å². The molecule has 0 spiro atoms. The number of primary amides is 1. The Hall–Kier alpha value is -1.39. The predicted molar refractivity (Wildman–Crippen MR) is 84.0 cm³/mol. The van der Waals surface area contributed by atoms with Crippen molar-refractivity contribution >= 4 is 5.91 Å². The summed E-state index contributed by atoms with van der Waals surface area (Å²) in [7, 11) is 0. The molecule has 0 saturated heterocycles. The maximum absolute atomic E-state index is 11.7. The summed E-state index contributed by atoms with van der Waals surface area (Å²) < 4.78 is 6.07. The van der Waals surface area contributed by atoms with Gasteiger partial charge in [0.25, 0.3) is 0 Å². The number of carbonyl (C=O) groups is 1. The molecule has 0 aliphatic heterocycles. The Morgan fingerprint density at radius 3 is 2.95 bits per heavy atom. The van der Waals surface area contributed by atoms with Crippen molar-refractivity contribution in [1.82, 2.24) is 5.32 Å². The van der Waals surface area contributed by atoms with E-state index in [1.165, 1.54) is 11.1 Å². The number of benzene rings is 1. The van der Waals surface area contributed by atoms with E-state index in [9.17, 15) is 4.79 Å². The molecule has 0 saturated carbocycles. The SMILES string of the molecule is CCCNC(C)(COC1CCCc2ccccc21)C(N)=O. The molecule has 4 heteroatoms. The Balaban J connectivity index is 2.03. The highest BCUT2D eigenvalue weighted by Gasteiger charge is 2.32. The van der Waals surface area contributed by atoms with Gasteiger partial charge in [-0.05, 0) is 50.3 Å². The van der Waals surface area contributed by atoms with E-state index in [2.05, 4.69) is 30.4 Å². The normalized spacial score (nSPS) is 20.6. The van der Waals surface area contributed by atoms with Crippen LogP contribution in [-0.2, 0) is 16.0 Å². The Morgan fingerprint density at radius 1 is 1.48 bits per heavy atom. The highest BCUT2D eigenvalue weighted by Crippen LogP contribution is 2.32. The lowest BCUT2D eigenvalue weighted by Crippen LogP contribution is -2.56. The van der Waals surface area contributed by atoms with Crippen molar-refractivity contribution in [3.8, 4) is 0 Å². The van der Waals surface area contributed by atoms with Crippen LogP contribution in [0.2, 0.25) is 0 Å². The van der Waals surface area contributed by atoms with Gasteiger partial charge in [0, 0.05) is 0 Å². The molecule has 2 unspecified atom stereocenters. The molecule has 3 N–H and O–H groups in total. The molecule has 0 heterocycles. The molecule has 0 aromatic heterocycles. The fourth-order valence-corrected chi connectivity index (χ4v) is 2.76. The summed E-state index contributed by atoms with van der Waals surface area (Å²) >= 11 is 0. The van der Waals surface area contributed by atoms with Crippen LogP contribution in [0.3, 0.4) is 0 Å². The number of fused-ring (bicyclic) bond motifs is 1. The first-order valence-corrected chi connectivity index (χ1v) is 7.81. The first-order valence-electron chi connectivity index (χ1n) is 7.81. The summed E-state index contributed by atoms with van der Waals surface area (Å²) in [6, 6.07) is 8.40. The molecule has 1 aliphatic carbocycles. The number of hydrogen-bond acceptors (Lipinski definition) is 3. The third-order valence-corrected chi connectivity index (χ3v) is 4.20. The van der Waals surface area contributed by atoms with E-state index in [1.807, 2.05) is 13.0 Å². The molecule has 1 aliphatic rings. The molecule has 0 bridgehead atoms. The van der Waals surface area contributed by atoms with Crippen LogP contribution in [0.4, 0.5) is 0 Å². The summed E-state index contributed by atoms with van der Waals surface area (Å²) in [5.74, 6) is -0.361. The van der Waals surface area contributed by atoms with Crippen molar-refractivity contribution in [3.63, 3.8) is 0 Å². The van der Waals surface area contributed by atoms with Crippen LogP contribution in [0.25, 0.3) is 0 Å². The molecular formula is C17H26N2O2. The second kappa shape index (κ2) is 7.05. The van der Waals surface area contributed by atoms with Crippen LogP contribution in [0.15, 0.2) is 24.3 Å². The molecule has 1 aromatic rings. The maximum atomic E-state index is 11.7. The Morgan fingerprint density at radius 2 is 2.24 bits per heavy atom. The quantitative estimate of drug-likeness (QED) is 0.810. The summed E-state index contributed by atoms with van der Waals surface area (Å²) in [5, 5.41) is 3.21. The molecule has 116 valence electrons. The van der Waals surface area contributed by atoms with Gasteiger partial charge in [0.2, 0.25) is 5.91 Å². The highest BCUT2D eigenvalue weighted by atomic mass is 16.5. The van der Waals surface area contributed by atoms with E-state index in [4.69, 9.17) is 10.5 Å². The van der Waals surface area contributed by atoms with E-state index in [-0.39, 0.29) is 12.0 Å². The van der Waals surface area contributed by atoms with E-state index in [0.29, 0.717) is 6.61 Å². The maximum Gasteiger partial charge on any atom is 0.239 e. The van der Waals surface area contributed by atoms with Gasteiger partial charge in [-0.15, -0.1) is 0 Å². The van der Waals surface area contributed by atoms with Crippen LogP contribution < -0.4 is 11.1 Å². The summed E-state index contributed by atoms with van der Waals surface area (Å²) in [4.78, 5) is 11.7. The second-order valence-corrected chi connectivity index (χ2v) is 6.01. The van der Waals surface area contributed by atoms with Gasteiger partial charge in [0.15, 0.2) is 0 Å². The van der Waals surface area contributed by atoms with E-state index in [0.717, 1.165) is 32.2 Å². The average molecular weight is 290 g/mol. The van der Waals surface area contributed by atoms with Crippen molar-refractivity contribution in [2.24, 2.45) is 5.73 Å².